The molecule has 1 aliphatic heterocycles. The van der Waals surface area contributed by atoms with Crippen LogP contribution in [0.1, 0.15) is 44.4 Å². The van der Waals surface area contributed by atoms with Gasteiger partial charge in [0, 0.05) is 30.0 Å². The van der Waals surface area contributed by atoms with Gasteiger partial charge in [0.05, 0.1) is 5.92 Å². The van der Waals surface area contributed by atoms with E-state index in [4.69, 9.17) is 4.42 Å². The van der Waals surface area contributed by atoms with Gasteiger partial charge >= 0.3 is 6.01 Å². The summed E-state index contributed by atoms with van der Waals surface area (Å²) < 4.78 is 5.55. The Bertz CT molecular complexity index is 775. The molecule has 138 valence electrons. The Balaban J connectivity index is 1.64. The van der Waals surface area contributed by atoms with Crippen molar-refractivity contribution in [1.29, 1.82) is 0 Å². The largest absolute Gasteiger partial charge is 0.407 e. The lowest BCUT2D eigenvalue weighted by atomic mass is 10.1. The number of hydrogen-bond donors (Lipinski definition) is 1. The second-order valence-electron chi connectivity index (χ2n) is 6.20. The fourth-order valence-corrected chi connectivity index (χ4v) is 3.26. The Kier molecular flexibility index (Phi) is 5.92. The monoisotopic (exact) mass is 374 g/mol. The van der Waals surface area contributed by atoms with E-state index in [2.05, 4.69) is 15.5 Å². The maximum Gasteiger partial charge on any atom is 0.322 e. The predicted octanol–water partition coefficient (Wildman–Crippen LogP) is 3.44. The molecule has 2 heterocycles. The van der Waals surface area contributed by atoms with Gasteiger partial charge in [0.25, 0.3) is 0 Å². The number of rotatable bonds is 7. The lowest BCUT2D eigenvalue weighted by Gasteiger charge is -2.16. The molecule has 0 aliphatic carbocycles. The zero-order valence-corrected chi connectivity index (χ0v) is 15.7. The van der Waals surface area contributed by atoms with Crippen LogP contribution in [0.15, 0.2) is 33.6 Å². The lowest BCUT2D eigenvalue weighted by molar-refractivity contribution is -0.117. The van der Waals surface area contributed by atoms with Crippen LogP contribution < -0.4 is 10.2 Å². The van der Waals surface area contributed by atoms with Crippen LogP contribution in [0.3, 0.4) is 0 Å². The van der Waals surface area contributed by atoms with Gasteiger partial charge in [0.2, 0.25) is 17.7 Å². The van der Waals surface area contributed by atoms with Crippen LogP contribution in [-0.2, 0) is 9.59 Å². The maximum atomic E-state index is 12.4. The molecule has 1 aromatic carbocycles. The van der Waals surface area contributed by atoms with E-state index in [9.17, 15) is 9.59 Å². The molecule has 2 aromatic rings. The van der Waals surface area contributed by atoms with Gasteiger partial charge in [-0.3, -0.25) is 14.9 Å². The maximum absolute atomic E-state index is 12.4. The van der Waals surface area contributed by atoms with E-state index in [0.29, 0.717) is 25.3 Å². The molecule has 0 radical (unpaired) electrons. The number of hydrogen-bond acceptors (Lipinski definition) is 6. The SMILES string of the molecule is CCCCC(=O)Nc1nnc([C@@H]2CC(=O)N(c3ccc(SC)cc3)C2)o1. The number of carbonyl (C=O) groups is 2. The molecule has 1 fully saturated rings. The fraction of sp³-hybridized carbons (Fsp3) is 0.444. The lowest BCUT2D eigenvalue weighted by Crippen LogP contribution is -2.24. The summed E-state index contributed by atoms with van der Waals surface area (Å²) in [5.74, 6) is 0.0996. The number of unbranched alkanes of at least 4 members (excludes halogenated alkanes) is 1. The zero-order valence-electron chi connectivity index (χ0n) is 14.9. The summed E-state index contributed by atoms with van der Waals surface area (Å²) in [5.41, 5.74) is 0.864. The van der Waals surface area contributed by atoms with Crippen molar-refractivity contribution >= 4 is 35.3 Å². The van der Waals surface area contributed by atoms with Crippen molar-refractivity contribution in [3.8, 4) is 0 Å². The topological polar surface area (TPSA) is 88.3 Å². The van der Waals surface area contributed by atoms with Crippen LogP contribution in [0.25, 0.3) is 0 Å². The molecule has 0 spiro atoms. The minimum atomic E-state index is -0.170. The number of aromatic nitrogens is 2. The number of nitrogens with zero attached hydrogens (tertiary/aromatic N) is 3. The Morgan fingerprint density at radius 2 is 2.12 bits per heavy atom. The van der Waals surface area contributed by atoms with Crippen LogP contribution in [0.2, 0.25) is 0 Å². The van der Waals surface area contributed by atoms with Crippen molar-refractivity contribution in [1.82, 2.24) is 10.2 Å². The number of nitrogens with one attached hydrogen (secondary N) is 1. The summed E-state index contributed by atoms with van der Waals surface area (Å²) in [5, 5.41) is 10.5. The van der Waals surface area contributed by atoms with Gasteiger partial charge in [-0.25, -0.2) is 0 Å². The molecule has 1 aliphatic rings. The first-order valence-electron chi connectivity index (χ1n) is 8.68. The second kappa shape index (κ2) is 8.35. The van der Waals surface area contributed by atoms with Gasteiger partial charge in [-0.1, -0.05) is 18.4 Å². The normalized spacial score (nSPS) is 16.9. The molecule has 0 saturated carbocycles. The summed E-state index contributed by atoms with van der Waals surface area (Å²) >= 11 is 1.66. The fourth-order valence-electron chi connectivity index (χ4n) is 2.85. The summed E-state index contributed by atoms with van der Waals surface area (Å²) in [6.45, 7) is 2.51. The highest BCUT2D eigenvalue weighted by Gasteiger charge is 2.35. The molecule has 3 rings (SSSR count). The van der Waals surface area contributed by atoms with Crippen LogP contribution >= 0.6 is 11.8 Å². The van der Waals surface area contributed by atoms with E-state index in [0.717, 1.165) is 23.4 Å². The van der Waals surface area contributed by atoms with Gasteiger partial charge in [-0.2, -0.15) is 0 Å². The molecule has 2 amide bonds. The minimum absolute atomic E-state index is 0.0265. The second-order valence-corrected chi connectivity index (χ2v) is 7.08. The molecule has 1 N–H and O–H groups in total. The van der Waals surface area contributed by atoms with E-state index < -0.39 is 0 Å². The average molecular weight is 374 g/mol. The van der Waals surface area contributed by atoms with Gasteiger partial charge in [0.15, 0.2) is 0 Å². The highest BCUT2D eigenvalue weighted by molar-refractivity contribution is 7.98. The standard InChI is InChI=1S/C18H22N4O3S/c1-3-4-5-15(23)19-18-21-20-17(25-18)12-10-16(24)22(11-12)13-6-8-14(26-2)9-7-13/h6-9,12H,3-5,10-11H2,1-2H3,(H,19,21,23)/t12-/m1/s1. The molecular weight excluding hydrogens is 352 g/mol. The number of benzene rings is 1. The Morgan fingerprint density at radius 3 is 2.81 bits per heavy atom. The van der Waals surface area contributed by atoms with Crippen LogP contribution in [0.4, 0.5) is 11.7 Å². The van der Waals surface area contributed by atoms with E-state index in [1.807, 2.05) is 37.4 Å². The van der Waals surface area contributed by atoms with Crippen molar-refractivity contribution in [2.75, 3.05) is 23.0 Å². The molecule has 7 nitrogen and oxygen atoms in total. The molecule has 0 unspecified atom stereocenters. The van der Waals surface area contributed by atoms with Gasteiger partial charge in [-0.05, 0) is 36.9 Å². The number of amides is 2. The molecule has 1 atom stereocenters. The van der Waals surface area contributed by atoms with Crippen molar-refractivity contribution in [3.63, 3.8) is 0 Å². The third-order valence-electron chi connectivity index (χ3n) is 4.30. The summed E-state index contributed by atoms with van der Waals surface area (Å²) in [7, 11) is 0. The number of anilines is 2. The molecule has 0 bridgehead atoms. The Hall–Kier alpha value is -2.35. The smallest absolute Gasteiger partial charge is 0.322 e. The first-order valence-corrected chi connectivity index (χ1v) is 9.91. The average Bonchev–Trinajstić information content (AvgIpc) is 3.26. The van der Waals surface area contributed by atoms with E-state index in [-0.39, 0.29) is 23.7 Å². The minimum Gasteiger partial charge on any atom is -0.407 e. The van der Waals surface area contributed by atoms with Gasteiger partial charge in [0.1, 0.15) is 0 Å². The highest BCUT2D eigenvalue weighted by atomic mass is 32.2. The molecular formula is C18H22N4O3S. The zero-order chi connectivity index (χ0) is 18.5. The molecule has 26 heavy (non-hydrogen) atoms. The number of thioether (sulfide) groups is 1. The van der Waals surface area contributed by atoms with Crippen molar-refractivity contribution in [2.24, 2.45) is 0 Å². The number of carbonyl (C=O) groups excluding carboxylic acids is 2. The van der Waals surface area contributed by atoms with E-state index in [1.165, 1.54) is 0 Å². The van der Waals surface area contributed by atoms with Crippen LogP contribution in [-0.4, -0.2) is 34.8 Å². The Labute approximate surface area is 156 Å². The quantitative estimate of drug-likeness (QED) is 0.747. The highest BCUT2D eigenvalue weighted by Crippen LogP contribution is 2.32. The summed E-state index contributed by atoms with van der Waals surface area (Å²) in [4.78, 5) is 27.0. The molecule has 1 aromatic heterocycles. The van der Waals surface area contributed by atoms with E-state index >= 15 is 0 Å². The summed E-state index contributed by atoms with van der Waals surface area (Å²) in [6.07, 6.45) is 4.51. The van der Waals surface area contributed by atoms with E-state index in [1.54, 1.807) is 16.7 Å². The first kappa shape index (κ1) is 18.4. The Morgan fingerprint density at radius 1 is 1.35 bits per heavy atom. The third kappa shape index (κ3) is 4.24. The molecule has 1 saturated heterocycles. The summed E-state index contributed by atoms with van der Waals surface area (Å²) in [6, 6.07) is 7.98. The van der Waals surface area contributed by atoms with Crippen LogP contribution in [0.5, 0.6) is 0 Å². The van der Waals surface area contributed by atoms with Gasteiger partial charge < -0.3 is 9.32 Å². The van der Waals surface area contributed by atoms with Crippen molar-refractivity contribution in [2.45, 2.75) is 43.4 Å². The predicted molar refractivity (Wildman–Crippen MR) is 100 cm³/mol. The van der Waals surface area contributed by atoms with Gasteiger partial charge in [-0.15, -0.1) is 16.9 Å². The van der Waals surface area contributed by atoms with Crippen LogP contribution in [0, 0.1) is 0 Å². The first-order chi connectivity index (χ1) is 12.6. The van der Waals surface area contributed by atoms with Crippen molar-refractivity contribution in [3.05, 3.63) is 30.2 Å². The third-order valence-corrected chi connectivity index (χ3v) is 5.05. The molecule has 8 heteroatoms. The van der Waals surface area contributed by atoms with Crippen molar-refractivity contribution < 1.29 is 14.0 Å².